The molecule has 0 unspecified atom stereocenters. The van der Waals surface area contributed by atoms with Gasteiger partial charge in [-0.05, 0) is 55.5 Å². The monoisotopic (exact) mass is 443 g/mol. The van der Waals surface area contributed by atoms with Gasteiger partial charge in [-0.25, -0.2) is 4.79 Å². The van der Waals surface area contributed by atoms with Gasteiger partial charge in [-0.1, -0.05) is 47.5 Å². The molecule has 0 aliphatic carbocycles. The maximum absolute atomic E-state index is 12.1. The smallest absolute Gasteiger partial charge is 0.338 e. The summed E-state index contributed by atoms with van der Waals surface area (Å²) >= 11 is 11.9. The molecule has 3 rings (SSSR count). The summed E-state index contributed by atoms with van der Waals surface area (Å²) in [6.07, 6.45) is 0. The quantitative estimate of drug-likeness (QED) is 0.350. The summed E-state index contributed by atoms with van der Waals surface area (Å²) in [4.78, 5) is 25.4. The van der Waals surface area contributed by atoms with E-state index >= 15 is 0 Å². The standard InChI is InChI=1S/C13H8Cl2O.C11H15NO2/c14-11-7-3-1-5-9(11)13(16)10-6-2-4-8-12(10)15;1-4-14-11(13)9-5-7-10(8-6-9)12(2)3/h1-8H;5-8H,4H2,1-3H3. The van der Waals surface area contributed by atoms with Crippen LogP contribution in [0.4, 0.5) is 5.69 Å². The Hall–Kier alpha value is -2.82. The molecule has 0 atom stereocenters. The van der Waals surface area contributed by atoms with Crippen molar-refractivity contribution in [3.63, 3.8) is 0 Å². The molecule has 3 aromatic carbocycles. The Kier molecular flexibility index (Phi) is 8.90. The van der Waals surface area contributed by atoms with E-state index in [0.717, 1.165) is 5.69 Å². The minimum absolute atomic E-state index is 0.156. The van der Waals surface area contributed by atoms with E-state index in [1.54, 1.807) is 67.6 Å². The van der Waals surface area contributed by atoms with Gasteiger partial charge in [-0.15, -0.1) is 0 Å². The van der Waals surface area contributed by atoms with Crippen molar-refractivity contribution < 1.29 is 14.3 Å². The zero-order valence-corrected chi connectivity index (χ0v) is 18.6. The molecule has 4 nitrogen and oxygen atoms in total. The molecule has 3 aromatic rings. The Balaban J connectivity index is 0.000000216. The average Bonchev–Trinajstić information content (AvgIpc) is 2.75. The van der Waals surface area contributed by atoms with Crippen molar-refractivity contribution in [3.8, 4) is 0 Å². The van der Waals surface area contributed by atoms with Crippen LogP contribution >= 0.6 is 23.2 Å². The van der Waals surface area contributed by atoms with Gasteiger partial charge in [0, 0.05) is 30.9 Å². The molecule has 30 heavy (non-hydrogen) atoms. The van der Waals surface area contributed by atoms with Crippen LogP contribution in [-0.2, 0) is 4.74 Å². The zero-order chi connectivity index (χ0) is 22.1. The molecule has 0 aliphatic rings. The summed E-state index contributed by atoms with van der Waals surface area (Å²) < 4.78 is 4.88. The number of nitrogens with zero attached hydrogens (tertiary/aromatic N) is 1. The van der Waals surface area contributed by atoms with E-state index in [1.807, 2.05) is 31.1 Å². The minimum atomic E-state index is -0.266. The van der Waals surface area contributed by atoms with Crippen molar-refractivity contribution in [2.45, 2.75) is 6.92 Å². The lowest BCUT2D eigenvalue weighted by molar-refractivity contribution is 0.0526. The highest BCUT2D eigenvalue weighted by Gasteiger charge is 2.14. The number of anilines is 1. The Morgan fingerprint density at radius 1 is 0.800 bits per heavy atom. The number of ketones is 1. The highest BCUT2D eigenvalue weighted by atomic mass is 35.5. The molecule has 0 N–H and O–H groups in total. The van der Waals surface area contributed by atoms with Crippen LogP contribution in [0.5, 0.6) is 0 Å². The number of hydrogen-bond acceptors (Lipinski definition) is 4. The highest BCUT2D eigenvalue weighted by Crippen LogP contribution is 2.23. The molecule has 156 valence electrons. The SMILES string of the molecule is CCOC(=O)c1ccc(N(C)C)cc1.O=C(c1ccccc1Cl)c1ccccc1Cl. The van der Waals surface area contributed by atoms with Crippen LogP contribution < -0.4 is 4.90 Å². The van der Waals surface area contributed by atoms with Crippen LogP contribution in [0.2, 0.25) is 10.0 Å². The largest absolute Gasteiger partial charge is 0.462 e. The normalized spacial score (nSPS) is 9.90. The number of carbonyl (C=O) groups excluding carboxylic acids is 2. The third kappa shape index (κ3) is 6.34. The fourth-order valence-electron chi connectivity index (χ4n) is 2.55. The molecule has 0 bridgehead atoms. The minimum Gasteiger partial charge on any atom is -0.462 e. The number of esters is 1. The van der Waals surface area contributed by atoms with Crippen LogP contribution in [0.25, 0.3) is 0 Å². The van der Waals surface area contributed by atoms with Crippen LogP contribution in [0.1, 0.15) is 33.2 Å². The number of rotatable bonds is 5. The first-order valence-electron chi connectivity index (χ1n) is 9.33. The molecular weight excluding hydrogens is 421 g/mol. The van der Waals surface area contributed by atoms with Gasteiger partial charge in [-0.3, -0.25) is 4.79 Å². The Labute approximate surface area is 187 Å². The predicted octanol–water partition coefficient (Wildman–Crippen LogP) is 6.15. The molecule has 0 fully saturated rings. The summed E-state index contributed by atoms with van der Waals surface area (Å²) in [5.74, 6) is -0.422. The molecule has 0 heterocycles. The van der Waals surface area contributed by atoms with E-state index in [0.29, 0.717) is 33.3 Å². The lowest BCUT2D eigenvalue weighted by atomic mass is 10.0. The predicted molar refractivity (Wildman–Crippen MR) is 123 cm³/mol. The fourth-order valence-corrected chi connectivity index (χ4v) is 2.99. The molecule has 0 radical (unpaired) electrons. The van der Waals surface area contributed by atoms with E-state index < -0.39 is 0 Å². The van der Waals surface area contributed by atoms with Gasteiger partial charge in [0.2, 0.25) is 0 Å². The van der Waals surface area contributed by atoms with Crippen molar-refractivity contribution in [2.24, 2.45) is 0 Å². The molecule has 0 saturated heterocycles. The van der Waals surface area contributed by atoms with Gasteiger partial charge in [-0.2, -0.15) is 0 Å². The first kappa shape index (κ1) is 23.5. The van der Waals surface area contributed by atoms with E-state index in [1.165, 1.54) is 0 Å². The van der Waals surface area contributed by atoms with Gasteiger partial charge >= 0.3 is 5.97 Å². The lowest BCUT2D eigenvalue weighted by Gasteiger charge is -2.12. The second-order valence-corrected chi connectivity index (χ2v) is 7.26. The fraction of sp³-hybridized carbons (Fsp3) is 0.167. The summed E-state index contributed by atoms with van der Waals surface area (Å²) in [6, 6.07) is 21.2. The Morgan fingerprint density at radius 2 is 1.27 bits per heavy atom. The molecule has 0 aromatic heterocycles. The van der Waals surface area contributed by atoms with Gasteiger partial charge in [0.15, 0.2) is 5.78 Å². The van der Waals surface area contributed by atoms with Crippen molar-refractivity contribution in [3.05, 3.63) is 99.5 Å². The Morgan fingerprint density at radius 3 is 1.67 bits per heavy atom. The van der Waals surface area contributed by atoms with Gasteiger partial charge in [0.05, 0.1) is 22.2 Å². The number of carbonyl (C=O) groups is 2. The second kappa shape index (κ2) is 11.4. The first-order valence-corrected chi connectivity index (χ1v) is 10.1. The van der Waals surface area contributed by atoms with Crippen LogP contribution in [0, 0.1) is 0 Å². The number of ether oxygens (including phenoxy) is 1. The van der Waals surface area contributed by atoms with Crippen molar-refractivity contribution >= 4 is 40.6 Å². The number of halogens is 2. The lowest BCUT2D eigenvalue weighted by Crippen LogP contribution is -2.09. The summed E-state index contributed by atoms with van der Waals surface area (Å²) in [5, 5.41) is 0.875. The molecule has 0 spiro atoms. The van der Waals surface area contributed by atoms with E-state index in [2.05, 4.69) is 0 Å². The molecular formula is C24H23Cl2NO3. The average molecular weight is 444 g/mol. The van der Waals surface area contributed by atoms with Crippen LogP contribution in [-0.4, -0.2) is 32.5 Å². The zero-order valence-electron chi connectivity index (χ0n) is 17.1. The van der Waals surface area contributed by atoms with Gasteiger partial charge in [0.1, 0.15) is 0 Å². The van der Waals surface area contributed by atoms with E-state index in [-0.39, 0.29) is 11.8 Å². The highest BCUT2D eigenvalue weighted by molar-refractivity contribution is 6.38. The third-order valence-corrected chi connectivity index (χ3v) is 4.79. The topological polar surface area (TPSA) is 46.6 Å². The number of benzene rings is 3. The first-order chi connectivity index (χ1) is 14.3. The van der Waals surface area contributed by atoms with Crippen molar-refractivity contribution in [2.75, 3.05) is 25.6 Å². The number of hydrogen-bond donors (Lipinski definition) is 0. The molecule has 0 saturated carbocycles. The van der Waals surface area contributed by atoms with E-state index in [4.69, 9.17) is 27.9 Å². The maximum Gasteiger partial charge on any atom is 0.338 e. The van der Waals surface area contributed by atoms with Crippen molar-refractivity contribution in [1.82, 2.24) is 0 Å². The van der Waals surface area contributed by atoms with E-state index in [9.17, 15) is 9.59 Å². The molecule has 0 aliphatic heterocycles. The van der Waals surface area contributed by atoms with Crippen molar-refractivity contribution in [1.29, 1.82) is 0 Å². The summed E-state index contributed by atoms with van der Waals surface area (Å²) in [5.41, 5.74) is 2.60. The second-order valence-electron chi connectivity index (χ2n) is 6.45. The van der Waals surface area contributed by atoms with Gasteiger partial charge < -0.3 is 9.64 Å². The van der Waals surface area contributed by atoms with Crippen LogP contribution in [0.15, 0.2) is 72.8 Å². The third-order valence-electron chi connectivity index (χ3n) is 4.13. The summed E-state index contributed by atoms with van der Waals surface area (Å²) in [7, 11) is 3.92. The maximum atomic E-state index is 12.1. The van der Waals surface area contributed by atoms with Gasteiger partial charge in [0.25, 0.3) is 0 Å². The Bertz CT molecular complexity index is 954. The summed E-state index contributed by atoms with van der Waals surface area (Å²) in [6.45, 7) is 2.21. The molecule has 6 heteroatoms. The van der Waals surface area contributed by atoms with Crippen LogP contribution in [0.3, 0.4) is 0 Å². The molecule has 0 amide bonds.